The number of imidazole rings is 1. The molecule has 0 aliphatic rings. The summed E-state index contributed by atoms with van der Waals surface area (Å²) in [6.07, 6.45) is 3.18. The van der Waals surface area contributed by atoms with E-state index >= 15 is 0 Å². The summed E-state index contributed by atoms with van der Waals surface area (Å²) in [5.74, 6) is 1.37. The van der Waals surface area contributed by atoms with E-state index < -0.39 is 25.8 Å². The SMILES string of the molecule is C[C@H](NC(=O)OC(C)(C)C)c1nc2cccnc2n1-c1ccc([Si](C)(C)C)cn1. The summed E-state index contributed by atoms with van der Waals surface area (Å²) < 4.78 is 7.28. The molecule has 1 amide bonds. The Hall–Kier alpha value is -2.74. The van der Waals surface area contributed by atoms with Gasteiger partial charge in [-0.1, -0.05) is 25.7 Å². The highest BCUT2D eigenvalue weighted by atomic mass is 28.3. The number of hydrogen-bond acceptors (Lipinski definition) is 5. The first-order valence-corrected chi connectivity index (χ1v) is 13.3. The smallest absolute Gasteiger partial charge is 0.408 e. The van der Waals surface area contributed by atoms with Crippen LogP contribution in [0.3, 0.4) is 0 Å². The molecule has 3 heterocycles. The molecule has 0 aliphatic carbocycles. The van der Waals surface area contributed by atoms with E-state index in [-0.39, 0.29) is 0 Å². The van der Waals surface area contributed by atoms with Crippen LogP contribution in [0.5, 0.6) is 0 Å². The zero-order valence-electron chi connectivity index (χ0n) is 18.1. The first kappa shape index (κ1) is 21.0. The number of rotatable bonds is 4. The Kier molecular flexibility index (Phi) is 5.49. The molecule has 1 N–H and O–H groups in total. The van der Waals surface area contributed by atoms with Crippen LogP contribution in [0.2, 0.25) is 19.6 Å². The van der Waals surface area contributed by atoms with E-state index in [1.807, 2.05) is 56.7 Å². The highest BCUT2D eigenvalue weighted by Gasteiger charge is 2.24. The molecule has 0 aromatic carbocycles. The predicted molar refractivity (Wildman–Crippen MR) is 117 cm³/mol. The van der Waals surface area contributed by atoms with Crippen LogP contribution in [-0.4, -0.2) is 39.3 Å². The Labute approximate surface area is 172 Å². The van der Waals surface area contributed by atoms with E-state index in [0.29, 0.717) is 11.5 Å². The number of nitrogens with zero attached hydrogens (tertiary/aromatic N) is 4. The molecule has 0 spiro atoms. The maximum Gasteiger partial charge on any atom is 0.408 e. The highest BCUT2D eigenvalue weighted by molar-refractivity contribution is 6.88. The van der Waals surface area contributed by atoms with Gasteiger partial charge in [0.1, 0.15) is 22.8 Å². The molecule has 0 unspecified atom stereocenters. The molecule has 3 aromatic heterocycles. The zero-order chi connectivity index (χ0) is 21.4. The number of nitrogens with one attached hydrogen (secondary N) is 1. The fourth-order valence-electron chi connectivity index (χ4n) is 2.96. The molecule has 0 bridgehead atoms. The van der Waals surface area contributed by atoms with E-state index in [1.54, 1.807) is 6.20 Å². The summed E-state index contributed by atoms with van der Waals surface area (Å²) in [4.78, 5) is 26.2. The van der Waals surface area contributed by atoms with Gasteiger partial charge < -0.3 is 10.1 Å². The van der Waals surface area contributed by atoms with Crippen molar-refractivity contribution in [3.63, 3.8) is 0 Å². The van der Waals surface area contributed by atoms with Gasteiger partial charge in [-0.3, -0.25) is 4.57 Å². The Morgan fingerprint density at radius 1 is 1.17 bits per heavy atom. The molecule has 1 atom stereocenters. The van der Waals surface area contributed by atoms with Crippen molar-refractivity contribution in [3.05, 3.63) is 42.5 Å². The van der Waals surface area contributed by atoms with Crippen LogP contribution in [0, 0.1) is 0 Å². The van der Waals surface area contributed by atoms with Crippen LogP contribution < -0.4 is 10.5 Å². The van der Waals surface area contributed by atoms with Gasteiger partial charge in [-0.15, -0.1) is 0 Å². The lowest BCUT2D eigenvalue weighted by Crippen LogP contribution is -2.38. The third-order valence-electron chi connectivity index (χ3n) is 4.41. The van der Waals surface area contributed by atoms with E-state index in [1.165, 1.54) is 5.19 Å². The molecule has 3 rings (SSSR count). The summed E-state index contributed by atoms with van der Waals surface area (Å²) in [5, 5.41) is 4.14. The van der Waals surface area contributed by atoms with Crippen molar-refractivity contribution >= 4 is 30.5 Å². The molecule has 29 heavy (non-hydrogen) atoms. The number of carbonyl (C=O) groups excluding carboxylic acids is 1. The van der Waals surface area contributed by atoms with Crippen molar-refractivity contribution in [2.24, 2.45) is 0 Å². The molecular weight excluding hydrogens is 382 g/mol. The van der Waals surface area contributed by atoms with E-state index in [9.17, 15) is 4.79 Å². The number of amides is 1. The number of carbonyl (C=O) groups is 1. The van der Waals surface area contributed by atoms with Crippen LogP contribution in [0.1, 0.15) is 39.6 Å². The summed E-state index contributed by atoms with van der Waals surface area (Å²) in [5.41, 5.74) is 0.879. The van der Waals surface area contributed by atoms with Crippen molar-refractivity contribution < 1.29 is 9.53 Å². The van der Waals surface area contributed by atoms with Crippen molar-refractivity contribution in [1.82, 2.24) is 24.8 Å². The van der Waals surface area contributed by atoms with Gasteiger partial charge in [-0.25, -0.2) is 19.7 Å². The number of aromatic nitrogens is 4. The fourth-order valence-corrected chi connectivity index (χ4v) is 3.99. The molecular formula is C21H29N5O2Si. The van der Waals surface area contributed by atoms with Crippen LogP contribution in [0.25, 0.3) is 17.0 Å². The highest BCUT2D eigenvalue weighted by Crippen LogP contribution is 2.23. The Bertz CT molecular complexity index is 1020. The van der Waals surface area contributed by atoms with E-state index in [0.717, 1.165) is 11.3 Å². The quantitative estimate of drug-likeness (QED) is 0.658. The van der Waals surface area contributed by atoms with E-state index in [4.69, 9.17) is 14.7 Å². The Balaban J connectivity index is 2.01. The number of hydrogen-bond donors (Lipinski definition) is 1. The van der Waals surface area contributed by atoms with Crippen LogP contribution in [0.15, 0.2) is 36.7 Å². The fraction of sp³-hybridized carbons (Fsp3) is 0.429. The summed E-state index contributed by atoms with van der Waals surface area (Å²) >= 11 is 0. The van der Waals surface area contributed by atoms with Gasteiger partial charge in [0.2, 0.25) is 0 Å². The van der Waals surface area contributed by atoms with Crippen LogP contribution >= 0.6 is 0 Å². The molecule has 0 aliphatic heterocycles. The van der Waals surface area contributed by atoms with Gasteiger partial charge in [-0.2, -0.15) is 0 Å². The largest absolute Gasteiger partial charge is 0.444 e. The molecule has 0 radical (unpaired) electrons. The van der Waals surface area contributed by atoms with Gasteiger partial charge >= 0.3 is 6.09 Å². The normalized spacial score (nSPS) is 13.3. The van der Waals surface area contributed by atoms with Gasteiger partial charge in [0.15, 0.2) is 5.65 Å². The minimum Gasteiger partial charge on any atom is -0.444 e. The first-order chi connectivity index (χ1) is 13.5. The minimum absolute atomic E-state index is 0.391. The average Bonchev–Trinajstić information content (AvgIpc) is 2.99. The van der Waals surface area contributed by atoms with Crippen molar-refractivity contribution in [3.8, 4) is 5.82 Å². The third kappa shape index (κ3) is 4.82. The maximum atomic E-state index is 12.3. The predicted octanol–water partition coefficient (Wildman–Crippen LogP) is 3.95. The van der Waals surface area contributed by atoms with Gasteiger partial charge in [0.05, 0.1) is 14.1 Å². The van der Waals surface area contributed by atoms with Crippen LogP contribution in [-0.2, 0) is 4.74 Å². The monoisotopic (exact) mass is 411 g/mol. The average molecular weight is 412 g/mol. The Morgan fingerprint density at radius 3 is 2.48 bits per heavy atom. The lowest BCUT2D eigenvalue weighted by Gasteiger charge is -2.22. The van der Waals surface area contributed by atoms with Crippen molar-refractivity contribution in [2.75, 3.05) is 0 Å². The molecule has 3 aromatic rings. The topological polar surface area (TPSA) is 81.9 Å². The zero-order valence-corrected chi connectivity index (χ0v) is 19.1. The molecule has 0 saturated carbocycles. The first-order valence-electron chi connectivity index (χ1n) is 9.75. The summed E-state index contributed by atoms with van der Waals surface area (Å²) in [6.45, 7) is 14.2. The summed E-state index contributed by atoms with van der Waals surface area (Å²) in [7, 11) is -1.45. The second-order valence-electron chi connectivity index (χ2n) is 9.17. The van der Waals surface area contributed by atoms with Gasteiger partial charge in [0.25, 0.3) is 0 Å². The van der Waals surface area contributed by atoms with Crippen molar-refractivity contribution in [2.45, 2.75) is 59.0 Å². The van der Waals surface area contributed by atoms with E-state index in [2.05, 4.69) is 36.0 Å². The molecule has 8 heteroatoms. The minimum atomic E-state index is -1.45. The lowest BCUT2D eigenvalue weighted by molar-refractivity contribution is 0.0505. The second kappa shape index (κ2) is 7.59. The van der Waals surface area contributed by atoms with Gasteiger partial charge in [0, 0.05) is 12.4 Å². The molecule has 7 nitrogen and oxygen atoms in total. The Morgan fingerprint density at radius 2 is 1.90 bits per heavy atom. The van der Waals surface area contributed by atoms with Crippen molar-refractivity contribution in [1.29, 1.82) is 0 Å². The second-order valence-corrected chi connectivity index (χ2v) is 14.3. The summed E-state index contributed by atoms with van der Waals surface area (Å²) in [6, 6.07) is 7.47. The van der Waals surface area contributed by atoms with Crippen LogP contribution in [0.4, 0.5) is 4.79 Å². The number of alkyl carbamates (subject to hydrolysis) is 1. The standard InChI is InChI=1S/C21H29N5O2Si/c1-14(24-20(27)28-21(2,3)4)18-25-16-9-8-12-22-19(16)26(18)17-11-10-15(13-23-17)29(5,6)7/h8-14H,1-7H3,(H,24,27)/t14-/m0/s1. The lowest BCUT2D eigenvalue weighted by atomic mass is 10.2. The van der Waals surface area contributed by atoms with Gasteiger partial charge in [-0.05, 0) is 51.1 Å². The molecule has 154 valence electrons. The third-order valence-corrected chi connectivity index (χ3v) is 6.43. The number of ether oxygens (including phenoxy) is 1. The number of pyridine rings is 2. The molecule has 0 saturated heterocycles. The molecule has 0 fully saturated rings. The maximum absolute atomic E-state index is 12.3. The number of fused-ring (bicyclic) bond motifs is 1.